The molecule has 3 fully saturated rings. The Morgan fingerprint density at radius 3 is 2.37 bits per heavy atom. The number of H-pyrrole nitrogens is 1. The van der Waals surface area contributed by atoms with E-state index < -0.39 is 29.7 Å². The molecule has 374 valence electrons. The highest BCUT2D eigenvalue weighted by atomic mass is 16.5. The van der Waals surface area contributed by atoms with E-state index in [2.05, 4.69) is 83.0 Å². The minimum Gasteiger partial charge on any atom is -0.384 e. The second kappa shape index (κ2) is 22.8. The molecule has 0 bridgehead atoms. The first kappa shape index (κ1) is 50.4. The largest absolute Gasteiger partial charge is 0.384 e. The predicted molar refractivity (Wildman–Crippen MR) is 274 cm³/mol. The molecular formula is C53H65N11O7. The van der Waals surface area contributed by atoms with Crippen molar-refractivity contribution in [3.8, 4) is 11.1 Å². The quantitative estimate of drug-likeness (QED) is 0.0309. The number of amides is 5. The first-order valence-corrected chi connectivity index (χ1v) is 24.7. The number of hydrazone groups is 1. The molecule has 3 saturated heterocycles. The lowest BCUT2D eigenvalue weighted by Gasteiger charge is -2.37. The number of rotatable bonds is 18. The van der Waals surface area contributed by atoms with Gasteiger partial charge in [0.05, 0.1) is 16.8 Å². The van der Waals surface area contributed by atoms with Gasteiger partial charge < -0.3 is 31.1 Å². The van der Waals surface area contributed by atoms with Crippen molar-refractivity contribution < 1.29 is 28.7 Å². The van der Waals surface area contributed by atoms with Crippen molar-refractivity contribution >= 4 is 52.8 Å². The van der Waals surface area contributed by atoms with Crippen LogP contribution in [-0.4, -0.2) is 139 Å². The summed E-state index contributed by atoms with van der Waals surface area (Å²) in [5.74, 6) is 3.42. The Labute approximate surface area is 414 Å². The highest BCUT2D eigenvalue weighted by molar-refractivity contribution is 6.31. The van der Waals surface area contributed by atoms with Crippen molar-refractivity contribution in [1.29, 1.82) is 0 Å². The molecule has 5 amide bonds. The Morgan fingerprint density at radius 2 is 1.66 bits per heavy atom. The molecule has 0 aliphatic carbocycles. The number of hydrogen-bond acceptors (Lipinski definition) is 14. The van der Waals surface area contributed by atoms with Gasteiger partial charge in [-0.05, 0) is 112 Å². The highest BCUT2D eigenvalue weighted by Gasteiger charge is 2.45. The third-order valence-electron chi connectivity index (χ3n) is 14.0. The lowest BCUT2D eigenvalue weighted by molar-refractivity contribution is -0.136. The van der Waals surface area contributed by atoms with Crippen LogP contribution in [0.5, 0.6) is 0 Å². The van der Waals surface area contributed by atoms with Crippen LogP contribution in [0.2, 0.25) is 0 Å². The molecule has 71 heavy (non-hydrogen) atoms. The summed E-state index contributed by atoms with van der Waals surface area (Å²) in [6.07, 6.45) is 4.34. The molecule has 8 rings (SSSR count). The summed E-state index contributed by atoms with van der Waals surface area (Å²) in [7, 11) is 0. The maximum atomic E-state index is 14.0. The summed E-state index contributed by atoms with van der Waals surface area (Å²) in [5.41, 5.74) is 9.30. The Kier molecular flexibility index (Phi) is 16.2. The summed E-state index contributed by atoms with van der Waals surface area (Å²) in [6, 6.07) is 19.0. The number of ether oxygens (including phenoxy) is 1. The second-order valence-electron chi connectivity index (χ2n) is 18.8. The van der Waals surface area contributed by atoms with Crippen molar-refractivity contribution in [2.75, 3.05) is 75.8 Å². The molecule has 4 aliphatic rings. The predicted octanol–water partition coefficient (Wildman–Crippen LogP) is 4.31. The number of aryl methyl sites for hydroxylation is 2. The fourth-order valence-corrected chi connectivity index (χ4v) is 10.1. The average Bonchev–Trinajstić information content (AvgIpc) is 3.62. The van der Waals surface area contributed by atoms with Crippen LogP contribution in [0.3, 0.4) is 0 Å². The molecule has 6 N–H and O–H groups in total. The van der Waals surface area contributed by atoms with E-state index in [9.17, 15) is 28.8 Å². The normalized spacial score (nSPS) is 18.3. The van der Waals surface area contributed by atoms with Gasteiger partial charge in [0, 0.05) is 126 Å². The second-order valence-corrected chi connectivity index (χ2v) is 18.8. The molecule has 4 aliphatic heterocycles. The lowest BCUT2D eigenvalue weighted by atomic mass is 9.94. The number of nitrogens with two attached hydrogens (primary N) is 1. The average molecular weight is 968 g/mol. The van der Waals surface area contributed by atoms with Gasteiger partial charge in [0.2, 0.25) is 11.8 Å². The van der Waals surface area contributed by atoms with Crippen LogP contribution in [0.25, 0.3) is 11.1 Å². The van der Waals surface area contributed by atoms with Crippen molar-refractivity contribution in [1.82, 2.24) is 30.3 Å². The van der Waals surface area contributed by atoms with Crippen LogP contribution >= 0.6 is 0 Å². The third-order valence-corrected chi connectivity index (χ3v) is 14.0. The third kappa shape index (κ3) is 11.6. The Bertz CT molecular complexity index is 2770. The first-order valence-electron chi connectivity index (χ1n) is 24.7. The number of nitrogens with one attached hydrogen (secondary N) is 4. The molecular weight excluding hydrogens is 903 g/mol. The van der Waals surface area contributed by atoms with Gasteiger partial charge in [-0.2, -0.15) is 5.10 Å². The van der Waals surface area contributed by atoms with E-state index in [0.717, 1.165) is 90.6 Å². The van der Waals surface area contributed by atoms with Crippen molar-refractivity contribution in [3.63, 3.8) is 0 Å². The first-order chi connectivity index (χ1) is 34.3. The van der Waals surface area contributed by atoms with Crippen LogP contribution < -0.4 is 32.3 Å². The van der Waals surface area contributed by atoms with Crippen LogP contribution in [-0.2, 0) is 27.4 Å². The number of benzene rings is 3. The molecule has 18 nitrogen and oxygen atoms in total. The number of piperidine rings is 1. The van der Waals surface area contributed by atoms with E-state index in [1.54, 1.807) is 24.4 Å². The van der Waals surface area contributed by atoms with Gasteiger partial charge in [0.25, 0.3) is 23.3 Å². The molecule has 0 spiro atoms. The summed E-state index contributed by atoms with van der Waals surface area (Å²) in [6.45, 7) is 16.0. The van der Waals surface area contributed by atoms with E-state index in [1.165, 1.54) is 5.56 Å². The fourth-order valence-electron chi connectivity index (χ4n) is 10.1. The van der Waals surface area contributed by atoms with Crippen molar-refractivity contribution in [3.05, 3.63) is 116 Å². The van der Waals surface area contributed by atoms with E-state index >= 15 is 0 Å². The summed E-state index contributed by atoms with van der Waals surface area (Å²) in [5, 5.41) is 12.5. The number of imide groups is 2. The number of aromatic nitrogens is 1. The standard InChI is InChI=1S/C53H65N11O7/c1-5-63(40-16-24-71-25-17-40)46-28-38(27-42(35(46)4)49(66)57-30-43-33(2)26-34(3)58-50(43)67)37-12-10-36(11-13-37)31-61-20-22-62(23-21-61)32-39(60-54)29-55-18-7-19-56-44-9-6-8-41-48(44)53(70)64(52(41)69)45-14-15-47(65)59-51(45)68/h6,8-13,26-29,40,45,56H,5,7,14-25,30-32,54H2,1-4H3,(H,57,66)(H,58,67)(H,59,65,68). The monoisotopic (exact) mass is 968 g/mol. The zero-order valence-electron chi connectivity index (χ0n) is 41.1. The lowest BCUT2D eigenvalue weighted by Crippen LogP contribution is -2.54. The zero-order valence-corrected chi connectivity index (χ0v) is 41.1. The van der Waals surface area contributed by atoms with E-state index in [1.807, 2.05) is 32.9 Å². The van der Waals surface area contributed by atoms with E-state index in [-0.39, 0.29) is 42.0 Å². The van der Waals surface area contributed by atoms with Gasteiger partial charge in [-0.3, -0.25) is 53.8 Å². The van der Waals surface area contributed by atoms with Crippen molar-refractivity contribution in [2.45, 2.75) is 85.0 Å². The number of hydrogen-bond donors (Lipinski definition) is 5. The topological polar surface area (TPSA) is 227 Å². The van der Waals surface area contributed by atoms with E-state index in [0.29, 0.717) is 67.8 Å². The molecule has 0 radical (unpaired) electrons. The van der Waals surface area contributed by atoms with E-state index in [4.69, 9.17) is 10.6 Å². The van der Waals surface area contributed by atoms with Gasteiger partial charge in [-0.1, -0.05) is 30.3 Å². The number of pyridine rings is 1. The summed E-state index contributed by atoms with van der Waals surface area (Å²) in [4.78, 5) is 93.1. The summed E-state index contributed by atoms with van der Waals surface area (Å²) < 4.78 is 5.70. The highest BCUT2D eigenvalue weighted by Crippen LogP contribution is 2.35. The number of fused-ring (bicyclic) bond motifs is 1. The molecule has 1 atom stereocenters. The van der Waals surface area contributed by atoms with Crippen LogP contribution in [0.1, 0.15) is 98.0 Å². The van der Waals surface area contributed by atoms with Gasteiger partial charge in [0.1, 0.15) is 6.04 Å². The zero-order chi connectivity index (χ0) is 50.2. The molecule has 0 saturated carbocycles. The number of carbonyl (C=O) groups is 5. The summed E-state index contributed by atoms with van der Waals surface area (Å²) >= 11 is 0. The van der Waals surface area contributed by atoms with Crippen LogP contribution in [0, 0.1) is 20.8 Å². The number of nitrogens with zero attached hydrogens (tertiary/aromatic N) is 6. The van der Waals surface area contributed by atoms with Crippen LogP contribution in [0.15, 0.2) is 75.6 Å². The van der Waals surface area contributed by atoms with Gasteiger partial charge >= 0.3 is 0 Å². The minimum atomic E-state index is -1.02. The number of carbonyl (C=O) groups excluding carboxylic acids is 5. The molecule has 4 aromatic rings. The maximum Gasteiger partial charge on any atom is 0.264 e. The van der Waals surface area contributed by atoms with Gasteiger partial charge in [0.15, 0.2) is 0 Å². The maximum absolute atomic E-state index is 14.0. The van der Waals surface area contributed by atoms with Crippen molar-refractivity contribution in [2.24, 2.45) is 15.9 Å². The van der Waals surface area contributed by atoms with Gasteiger partial charge in [-0.25, -0.2) is 0 Å². The molecule has 1 unspecified atom stereocenters. The molecule has 1 aromatic heterocycles. The molecule has 5 heterocycles. The Balaban J connectivity index is 0.828. The smallest absolute Gasteiger partial charge is 0.264 e. The Hall–Kier alpha value is -7.02. The number of aliphatic imine (C=N–C) groups is 1. The Morgan fingerprint density at radius 1 is 0.915 bits per heavy atom. The minimum absolute atomic E-state index is 0.0595. The number of piperazine rings is 1. The molecule has 18 heteroatoms. The SMILES string of the molecule is CCN(c1cc(-c2ccc(CN3CCN(CC(C=NCCCNc4cccc5c4C(=O)N(C4CCC(=O)NC4=O)C5=O)=NN)CC3)cc2)cc(C(=O)NCc2c(C)cc(C)[nH]c2=O)c1C)C1CCOCC1. The fraction of sp³-hybridized carbons (Fsp3) is 0.434. The van der Waals surface area contributed by atoms with Gasteiger partial charge in [-0.15, -0.1) is 0 Å². The molecule has 3 aromatic carbocycles. The number of anilines is 2. The van der Waals surface area contributed by atoms with Crippen LogP contribution in [0.4, 0.5) is 11.4 Å². The number of aromatic amines is 1.